The molecule has 0 radical (unpaired) electrons. The van der Waals surface area contributed by atoms with Gasteiger partial charge in [-0.15, -0.1) is 26.3 Å². The molecule has 300 valence electrons. The zero-order chi connectivity index (χ0) is 39.3. The van der Waals surface area contributed by atoms with E-state index in [2.05, 4.69) is 9.47 Å². The SMILES string of the molecule is O=C(O)C[C@@H]1CCC2(CCN(c3cc(OC(F)(F)F)ccc3F)CC2)OC1.O=C(O)C[C@H]1CCC2(CCN(c3cc(OC(F)(F)F)ccc3F)CC2)OC1. The van der Waals surface area contributed by atoms with Crippen LogP contribution >= 0.6 is 0 Å². The first-order valence-electron chi connectivity index (χ1n) is 17.6. The van der Waals surface area contributed by atoms with E-state index >= 15 is 0 Å². The molecule has 2 aromatic carbocycles. The van der Waals surface area contributed by atoms with Crippen molar-refractivity contribution < 1.29 is 73.9 Å². The highest BCUT2D eigenvalue weighted by molar-refractivity contribution is 5.67. The topological polar surface area (TPSA) is 118 Å². The molecular weight excluding hydrogens is 740 g/mol. The molecule has 0 aliphatic carbocycles. The quantitative estimate of drug-likeness (QED) is 0.256. The van der Waals surface area contributed by atoms with Crippen LogP contribution in [0.1, 0.15) is 64.2 Å². The van der Waals surface area contributed by atoms with Gasteiger partial charge in [0.25, 0.3) is 0 Å². The third kappa shape index (κ3) is 11.5. The second kappa shape index (κ2) is 16.8. The lowest BCUT2D eigenvalue weighted by atomic mass is 9.81. The van der Waals surface area contributed by atoms with E-state index in [1.807, 2.05) is 0 Å². The second-order valence-electron chi connectivity index (χ2n) is 14.3. The van der Waals surface area contributed by atoms with E-state index in [1.54, 1.807) is 9.80 Å². The lowest BCUT2D eigenvalue weighted by Crippen LogP contribution is -2.49. The first-order valence-corrected chi connectivity index (χ1v) is 17.6. The van der Waals surface area contributed by atoms with Gasteiger partial charge in [-0.05, 0) is 87.5 Å². The molecule has 4 saturated heterocycles. The summed E-state index contributed by atoms with van der Waals surface area (Å²) in [6.07, 6.45) is -4.08. The van der Waals surface area contributed by atoms with Crippen LogP contribution < -0.4 is 19.3 Å². The van der Waals surface area contributed by atoms with E-state index < -0.39 is 47.8 Å². The Hall–Kier alpha value is -4.06. The summed E-state index contributed by atoms with van der Waals surface area (Å²) in [4.78, 5) is 25.0. The minimum Gasteiger partial charge on any atom is -0.481 e. The molecule has 0 aromatic heterocycles. The fourth-order valence-corrected chi connectivity index (χ4v) is 7.61. The van der Waals surface area contributed by atoms with Gasteiger partial charge in [-0.25, -0.2) is 8.78 Å². The number of carboxylic acid groups (broad SMARTS) is 2. The summed E-state index contributed by atoms with van der Waals surface area (Å²) in [6.45, 7) is 2.53. The molecule has 2 N–H and O–H groups in total. The number of carboxylic acids is 2. The Morgan fingerprint density at radius 2 is 1.00 bits per heavy atom. The number of hydrogen-bond donors (Lipinski definition) is 2. The summed E-state index contributed by atoms with van der Waals surface area (Å²) in [5, 5.41) is 17.7. The van der Waals surface area contributed by atoms with Crippen LogP contribution in [0.5, 0.6) is 11.5 Å². The molecule has 18 heteroatoms. The van der Waals surface area contributed by atoms with Crippen LogP contribution in [-0.2, 0) is 19.1 Å². The summed E-state index contributed by atoms with van der Waals surface area (Å²) in [5.41, 5.74) is -0.568. The number of benzene rings is 2. The van der Waals surface area contributed by atoms with Gasteiger partial charge >= 0.3 is 24.7 Å². The first kappa shape index (κ1) is 41.1. The van der Waals surface area contributed by atoms with Crippen molar-refractivity contribution in [2.45, 2.75) is 88.1 Å². The summed E-state index contributed by atoms with van der Waals surface area (Å²) in [5.74, 6) is -3.80. The summed E-state index contributed by atoms with van der Waals surface area (Å²) < 4.78 is 122. The van der Waals surface area contributed by atoms with Crippen LogP contribution in [0.3, 0.4) is 0 Å². The standard InChI is InChI=1S/2C18H21F4NO4/c2*19-14-2-1-13(27-18(20,21)22)10-15(14)23-7-5-17(6-8-23)4-3-12(11-26-17)9-16(24)25/h2*1-2,10,12H,3-9,11H2,(H,24,25)/t2*12-/m10/s1. The summed E-state index contributed by atoms with van der Waals surface area (Å²) >= 11 is 0. The van der Waals surface area contributed by atoms with Crippen molar-refractivity contribution in [3.8, 4) is 11.5 Å². The van der Waals surface area contributed by atoms with E-state index in [0.29, 0.717) is 65.1 Å². The lowest BCUT2D eigenvalue weighted by Gasteiger charge is -2.46. The van der Waals surface area contributed by atoms with Gasteiger partial charge in [0.2, 0.25) is 0 Å². The minimum atomic E-state index is -4.83. The highest BCUT2D eigenvalue weighted by Crippen LogP contribution is 2.41. The number of carbonyl (C=O) groups is 2. The molecule has 0 amide bonds. The van der Waals surface area contributed by atoms with Gasteiger partial charge in [0.15, 0.2) is 0 Å². The largest absolute Gasteiger partial charge is 0.573 e. The van der Waals surface area contributed by atoms with Crippen LogP contribution in [-0.4, -0.2) is 85.5 Å². The Labute approximate surface area is 305 Å². The van der Waals surface area contributed by atoms with Crippen molar-refractivity contribution in [3.63, 3.8) is 0 Å². The normalized spacial score (nSPS) is 22.7. The molecule has 0 saturated carbocycles. The first-order chi connectivity index (χ1) is 25.3. The Morgan fingerprint density at radius 1 is 0.648 bits per heavy atom. The molecule has 2 aromatic rings. The molecule has 2 atom stereocenters. The van der Waals surface area contributed by atoms with Gasteiger partial charge in [0, 0.05) is 38.3 Å². The summed E-state index contributed by atoms with van der Waals surface area (Å²) in [6, 6.07) is 5.95. The van der Waals surface area contributed by atoms with E-state index in [9.17, 15) is 44.7 Å². The molecule has 0 unspecified atom stereocenters. The van der Waals surface area contributed by atoms with E-state index in [1.165, 1.54) is 0 Å². The lowest BCUT2D eigenvalue weighted by molar-refractivity contribution is -0.275. The van der Waals surface area contributed by atoms with Gasteiger partial charge < -0.3 is 39.0 Å². The molecule has 2 spiro atoms. The van der Waals surface area contributed by atoms with Gasteiger partial charge in [-0.1, -0.05) is 0 Å². The Kier molecular flexibility index (Phi) is 12.8. The maximum Gasteiger partial charge on any atom is 0.573 e. The fraction of sp³-hybridized carbons (Fsp3) is 0.611. The number of nitrogens with zero attached hydrogens (tertiary/aromatic N) is 2. The maximum absolute atomic E-state index is 14.1. The van der Waals surface area contributed by atoms with Crippen molar-refractivity contribution >= 4 is 23.3 Å². The van der Waals surface area contributed by atoms with Crippen molar-refractivity contribution in [1.82, 2.24) is 0 Å². The Bertz CT molecular complexity index is 1470. The number of hydrogen-bond acceptors (Lipinski definition) is 8. The van der Waals surface area contributed by atoms with Gasteiger partial charge in [-0.2, -0.15) is 0 Å². The highest BCUT2D eigenvalue weighted by atomic mass is 19.4. The molecule has 4 aliphatic heterocycles. The average molecular weight is 783 g/mol. The van der Waals surface area contributed by atoms with Gasteiger partial charge in [-0.3, -0.25) is 9.59 Å². The van der Waals surface area contributed by atoms with Crippen LogP contribution in [0.2, 0.25) is 0 Å². The number of piperidine rings is 2. The Balaban J connectivity index is 0.000000208. The van der Waals surface area contributed by atoms with Crippen LogP contribution in [0.4, 0.5) is 46.5 Å². The van der Waals surface area contributed by atoms with Gasteiger partial charge in [0.05, 0.1) is 48.6 Å². The zero-order valence-electron chi connectivity index (χ0n) is 29.2. The number of rotatable bonds is 8. The molecular formula is C36H42F8N2O8. The van der Waals surface area contributed by atoms with Crippen molar-refractivity contribution in [3.05, 3.63) is 48.0 Å². The number of ether oxygens (including phenoxy) is 4. The minimum absolute atomic E-state index is 0.000187. The van der Waals surface area contributed by atoms with E-state index in [0.717, 1.165) is 62.1 Å². The van der Waals surface area contributed by atoms with Crippen LogP contribution in [0.25, 0.3) is 0 Å². The fourth-order valence-electron chi connectivity index (χ4n) is 7.61. The number of halogens is 8. The van der Waals surface area contributed by atoms with Crippen LogP contribution in [0.15, 0.2) is 36.4 Å². The molecule has 6 rings (SSSR count). The van der Waals surface area contributed by atoms with E-state index in [4.69, 9.17) is 19.7 Å². The Morgan fingerprint density at radius 3 is 1.28 bits per heavy atom. The van der Waals surface area contributed by atoms with Crippen LogP contribution in [0, 0.1) is 23.5 Å². The average Bonchev–Trinajstić information content (AvgIpc) is 3.08. The maximum atomic E-state index is 14.1. The second-order valence-corrected chi connectivity index (χ2v) is 14.3. The van der Waals surface area contributed by atoms with Crippen molar-refractivity contribution in [2.24, 2.45) is 11.8 Å². The molecule has 4 heterocycles. The molecule has 4 fully saturated rings. The predicted octanol–water partition coefficient (Wildman–Crippen LogP) is 7.93. The number of anilines is 2. The number of alkyl halides is 6. The summed E-state index contributed by atoms with van der Waals surface area (Å²) in [7, 11) is 0. The molecule has 4 aliphatic rings. The molecule has 54 heavy (non-hydrogen) atoms. The monoisotopic (exact) mass is 782 g/mol. The predicted molar refractivity (Wildman–Crippen MR) is 176 cm³/mol. The molecule has 10 nitrogen and oxygen atoms in total. The third-order valence-corrected chi connectivity index (χ3v) is 10.5. The molecule has 0 bridgehead atoms. The van der Waals surface area contributed by atoms with Crippen molar-refractivity contribution in [2.75, 3.05) is 49.2 Å². The third-order valence-electron chi connectivity index (χ3n) is 10.5. The number of aliphatic carboxylic acids is 2. The van der Waals surface area contributed by atoms with Gasteiger partial charge in [0.1, 0.15) is 23.1 Å². The smallest absolute Gasteiger partial charge is 0.481 e. The zero-order valence-corrected chi connectivity index (χ0v) is 29.2. The van der Waals surface area contributed by atoms with Crippen molar-refractivity contribution in [1.29, 1.82) is 0 Å². The van der Waals surface area contributed by atoms with E-state index in [-0.39, 0.29) is 47.3 Å². The highest BCUT2D eigenvalue weighted by Gasteiger charge is 2.42.